The summed E-state index contributed by atoms with van der Waals surface area (Å²) in [6.07, 6.45) is 1.46. The normalized spacial score (nSPS) is 10.8. The highest BCUT2D eigenvalue weighted by molar-refractivity contribution is 6.30. The maximum absolute atomic E-state index is 12.2. The molecule has 0 bridgehead atoms. The Bertz CT molecular complexity index is 975. The van der Waals surface area contributed by atoms with Crippen LogP contribution in [0.1, 0.15) is 16.2 Å². The number of nitrogens with one attached hydrogen (secondary N) is 3. The molecular weight excluding hydrogens is 354 g/mol. The van der Waals surface area contributed by atoms with E-state index in [1.165, 1.54) is 6.20 Å². The second kappa shape index (κ2) is 7.92. The van der Waals surface area contributed by atoms with Crippen molar-refractivity contribution >= 4 is 34.5 Å². The first kappa shape index (κ1) is 17.1. The van der Waals surface area contributed by atoms with Gasteiger partial charge in [-0.2, -0.15) is 10.5 Å². The SMILES string of the molecule is N#CC(=CNc1cccc(NC(=O)c2ccc(Cl)cc2)c1)c1nn[nH]n1. The number of aromatic nitrogens is 4. The third-order valence-corrected chi connectivity index (χ3v) is 3.57. The molecule has 0 aliphatic heterocycles. The van der Waals surface area contributed by atoms with Gasteiger partial charge in [-0.05, 0) is 47.7 Å². The van der Waals surface area contributed by atoms with E-state index in [0.717, 1.165) is 0 Å². The zero-order chi connectivity index (χ0) is 18.4. The molecule has 3 rings (SSSR count). The van der Waals surface area contributed by atoms with Crippen LogP contribution in [0.15, 0.2) is 54.7 Å². The minimum Gasteiger partial charge on any atom is -0.360 e. The molecule has 1 amide bonds. The number of tetrazole rings is 1. The molecule has 0 radical (unpaired) electrons. The van der Waals surface area contributed by atoms with Gasteiger partial charge in [-0.3, -0.25) is 4.79 Å². The summed E-state index contributed by atoms with van der Waals surface area (Å²) in [6.45, 7) is 0. The number of halogens is 1. The van der Waals surface area contributed by atoms with Gasteiger partial charge < -0.3 is 10.6 Å². The van der Waals surface area contributed by atoms with Gasteiger partial charge in [0.1, 0.15) is 11.6 Å². The van der Waals surface area contributed by atoms with Crippen molar-refractivity contribution in [1.29, 1.82) is 5.26 Å². The fourth-order valence-corrected chi connectivity index (χ4v) is 2.20. The molecule has 1 heterocycles. The molecular formula is C17H12ClN7O. The summed E-state index contributed by atoms with van der Waals surface area (Å²) in [5.74, 6) is -0.0638. The first-order chi connectivity index (χ1) is 12.7. The van der Waals surface area contributed by atoms with Crippen molar-refractivity contribution in [2.75, 3.05) is 10.6 Å². The summed E-state index contributed by atoms with van der Waals surface area (Å²) >= 11 is 5.82. The average Bonchev–Trinajstić information content (AvgIpc) is 3.18. The van der Waals surface area contributed by atoms with E-state index in [4.69, 9.17) is 16.9 Å². The monoisotopic (exact) mass is 365 g/mol. The van der Waals surface area contributed by atoms with Crippen LogP contribution in [0.25, 0.3) is 5.57 Å². The van der Waals surface area contributed by atoms with Gasteiger partial charge in [-0.1, -0.05) is 17.7 Å². The van der Waals surface area contributed by atoms with Crippen molar-refractivity contribution in [3.05, 3.63) is 71.1 Å². The van der Waals surface area contributed by atoms with Crippen molar-refractivity contribution in [2.24, 2.45) is 0 Å². The van der Waals surface area contributed by atoms with Crippen LogP contribution in [0.5, 0.6) is 0 Å². The lowest BCUT2D eigenvalue weighted by Gasteiger charge is -2.08. The molecule has 3 aromatic rings. The standard InChI is InChI=1S/C17H12ClN7O/c18-13-6-4-11(5-7-13)17(26)21-15-3-1-2-14(8-15)20-10-12(9-19)16-22-24-25-23-16/h1-8,10,20H,(H,21,26)(H,22,23,24,25). The molecule has 0 saturated heterocycles. The van der Waals surface area contributed by atoms with Crippen LogP contribution >= 0.6 is 11.6 Å². The Morgan fingerprint density at radius 1 is 1.19 bits per heavy atom. The highest BCUT2D eigenvalue weighted by Gasteiger charge is 2.07. The van der Waals surface area contributed by atoms with Crippen molar-refractivity contribution in [2.45, 2.75) is 0 Å². The zero-order valence-electron chi connectivity index (χ0n) is 13.3. The van der Waals surface area contributed by atoms with Gasteiger partial charge in [-0.15, -0.1) is 10.2 Å². The molecule has 1 aromatic heterocycles. The van der Waals surface area contributed by atoms with Crippen LogP contribution < -0.4 is 10.6 Å². The van der Waals surface area contributed by atoms with E-state index in [2.05, 4.69) is 31.3 Å². The minimum atomic E-state index is -0.251. The smallest absolute Gasteiger partial charge is 0.255 e. The number of aromatic amines is 1. The number of hydrogen-bond acceptors (Lipinski definition) is 6. The predicted molar refractivity (Wildman–Crippen MR) is 97.2 cm³/mol. The number of nitriles is 1. The van der Waals surface area contributed by atoms with Gasteiger partial charge >= 0.3 is 0 Å². The number of carbonyl (C=O) groups is 1. The number of H-pyrrole nitrogens is 1. The van der Waals surface area contributed by atoms with E-state index >= 15 is 0 Å². The lowest BCUT2D eigenvalue weighted by atomic mass is 10.2. The van der Waals surface area contributed by atoms with E-state index in [1.54, 1.807) is 48.5 Å². The van der Waals surface area contributed by atoms with E-state index in [9.17, 15) is 4.79 Å². The first-order valence-corrected chi connectivity index (χ1v) is 7.81. The fourth-order valence-electron chi connectivity index (χ4n) is 2.07. The third kappa shape index (κ3) is 4.23. The Morgan fingerprint density at radius 2 is 1.96 bits per heavy atom. The molecule has 0 fully saturated rings. The molecule has 0 spiro atoms. The molecule has 0 aliphatic rings. The number of allylic oxidation sites excluding steroid dienone is 1. The van der Waals surface area contributed by atoms with Gasteiger partial charge in [0.2, 0.25) is 5.82 Å². The Labute approximate surface area is 153 Å². The Kier molecular flexibility index (Phi) is 5.22. The quantitative estimate of drug-likeness (QED) is 0.598. The number of rotatable bonds is 5. The molecule has 8 nitrogen and oxygen atoms in total. The summed E-state index contributed by atoms with van der Waals surface area (Å²) in [7, 11) is 0. The third-order valence-electron chi connectivity index (χ3n) is 3.32. The van der Waals surface area contributed by atoms with Crippen LogP contribution in [-0.4, -0.2) is 26.5 Å². The van der Waals surface area contributed by atoms with Crippen LogP contribution in [0.4, 0.5) is 11.4 Å². The predicted octanol–water partition coefficient (Wildman–Crippen LogP) is 3.08. The lowest BCUT2D eigenvalue weighted by molar-refractivity contribution is 0.102. The van der Waals surface area contributed by atoms with Gasteiger partial charge in [-0.25, -0.2) is 0 Å². The molecule has 3 N–H and O–H groups in total. The molecule has 2 aromatic carbocycles. The Hall–Kier alpha value is -3.70. The van der Waals surface area contributed by atoms with Gasteiger partial charge in [0.05, 0.1) is 0 Å². The van der Waals surface area contributed by atoms with Crippen LogP contribution in [-0.2, 0) is 0 Å². The second-order valence-electron chi connectivity index (χ2n) is 5.09. The van der Waals surface area contributed by atoms with E-state index in [0.29, 0.717) is 22.0 Å². The van der Waals surface area contributed by atoms with Crippen molar-refractivity contribution in [3.63, 3.8) is 0 Å². The number of amides is 1. The van der Waals surface area contributed by atoms with E-state index in [-0.39, 0.29) is 17.3 Å². The van der Waals surface area contributed by atoms with Gasteiger partial charge in [0.25, 0.3) is 5.91 Å². The first-order valence-electron chi connectivity index (χ1n) is 7.43. The molecule has 0 atom stereocenters. The number of nitrogens with zero attached hydrogens (tertiary/aromatic N) is 4. The molecule has 9 heteroatoms. The highest BCUT2D eigenvalue weighted by atomic mass is 35.5. The lowest BCUT2D eigenvalue weighted by Crippen LogP contribution is -2.11. The summed E-state index contributed by atoms with van der Waals surface area (Å²) in [4.78, 5) is 12.2. The second-order valence-corrected chi connectivity index (χ2v) is 5.53. The van der Waals surface area contributed by atoms with Crippen LogP contribution in [0.2, 0.25) is 5.02 Å². The summed E-state index contributed by atoms with van der Waals surface area (Å²) in [6, 6.07) is 15.6. The van der Waals surface area contributed by atoms with Gasteiger partial charge in [0, 0.05) is 28.2 Å². The molecule has 26 heavy (non-hydrogen) atoms. The Balaban J connectivity index is 1.71. The number of benzene rings is 2. The largest absolute Gasteiger partial charge is 0.360 e. The number of carbonyl (C=O) groups excluding carboxylic acids is 1. The Morgan fingerprint density at radius 3 is 2.65 bits per heavy atom. The topological polar surface area (TPSA) is 119 Å². The zero-order valence-corrected chi connectivity index (χ0v) is 14.0. The summed E-state index contributed by atoms with van der Waals surface area (Å²) < 4.78 is 0. The van der Waals surface area contributed by atoms with Gasteiger partial charge in [0.15, 0.2) is 0 Å². The maximum atomic E-state index is 12.2. The number of anilines is 2. The molecule has 0 aliphatic carbocycles. The summed E-state index contributed by atoms with van der Waals surface area (Å²) in [5.41, 5.74) is 1.99. The van der Waals surface area contributed by atoms with Crippen molar-refractivity contribution in [1.82, 2.24) is 20.6 Å². The minimum absolute atomic E-state index is 0.187. The van der Waals surface area contributed by atoms with Crippen LogP contribution in [0, 0.1) is 11.3 Å². The maximum Gasteiger partial charge on any atom is 0.255 e. The number of hydrogen-bond donors (Lipinski definition) is 3. The molecule has 0 unspecified atom stereocenters. The highest BCUT2D eigenvalue weighted by Crippen LogP contribution is 2.18. The van der Waals surface area contributed by atoms with Crippen molar-refractivity contribution in [3.8, 4) is 6.07 Å². The fraction of sp³-hybridized carbons (Fsp3) is 0. The summed E-state index contributed by atoms with van der Waals surface area (Å²) in [5, 5.41) is 28.7. The van der Waals surface area contributed by atoms with Crippen LogP contribution in [0.3, 0.4) is 0 Å². The van der Waals surface area contributed by atoms with E-state index < -0.39 is 0 Å². The van der Waals surface area contributed by atoms with E-state index in [1.807, 2.05) is 6.07 Å². The molecule has 128 valence electrons. The van der Waals surface area contributed by atoms with Crippen molar-refractivity contribution < 1.29 is 4.79 Å². The molecule has 0 saturated carbocycles. The average molecular weight is 366 g/mol.